The number of halogens is 1. The molecule has 1 aromatic rings. The van der Waals surface area contributed by atoms with E-state index in [0.29, 0.717) is 6.10 Å². The fourth-order valence-electron chi connectivity index (χ4n) is 1.05. The number of nitrogens with zero attached hydrogens (tertiary/aromatic N) is 1. The molecule has 1 N–H and O–H groups in total. The highest BCUT2D eigenvalue weighted by Gasteiger charge is 2.24. The van der Waals surface area contributed by atoms with Crippen LogP contribution in [-0.2, 0) is 0 Å². The van der Waals surface area contributed by atoms with E-state index in [2.05, 4.69) is 26.2 Å². The molecule has 1 saturated carbocycles. The molecule has 0 aliphatic heterocycles. The summed E-state index contributed by atoms with van der Waals surface area (Å²) < 4.78 is 6.60. The van der Waals surface area contributed by atoms with Crippen molar-refractivity contribution in [2.24, 2.45) is 0 Å². The third kappa shape index (κ3) is 1.94. The Morgan fingerprint density at radius 1 is 1.54 bits per heavy atom. The van der Waals surface area contributed by atoms with E-state index in [1.165, 1.54) is 0 Å². The monoisotopic (exact) mass is 242 g/mol. The van der Waals surface area contributed by atoms with Crippen LogP contribution in [0.2, 0.25) is 0 Å². The Bertz CT molecular complexity index is 312. The van der Waals surface area contributed by atoms with E-state index in [9.17, 15) is 0 Å². The topological polar surface area (TPSA) is 34.2 Å². The lowest BCUT2D eigenvalue weighted by Crippen LogP contribution is -1.99. The Balaban J connectivity index is 2.22. The van der Waals surface area contributed by atoms with Crippen molar-refractivity contribution in [1.82, 2.24) is 4.98 Å². The van der Waals surface area contributed by atoms with Gasteiger partial charge in [-0.2, -0.15) is 0 Å². The van der Waals surface area contributed by atoms with Crippen LogP contribution in [0.25, 0.3) is 0 Å². The molecule has 4 heteroatoms. The molecule has 0 spiro atoms. The molecule has 0 unspecified atom stereocenters. The number of rotatable bonds is 3. The number of pyridine rings is 1. The Morgan fingerprint density at radius 3 is 2.92 bits per heavy atom. The van der Waals surface area contributed by atoms with Gasteiger partial charge in [0.1, 0.15) is 0 Å². The Labute approximate surface area is 85.6 Å². The van der Waals surface area contributed by atoms with Crippen LogP contribution < -0.4 is 10.1 Å². The van der Waals surface area contributed by atoms with Crippen molar-refractivity contribution in [3.8, 4) is 5.75 Å². The summed E-state index contributed by atoms with van der Waals surface area (Å²) in [6.45, 7) is 0. The van der Waals surface area contributed by atoms with Crippen molar-refractivity contribution < 1.29 is 4.74 Å². The average Bonchev–Trinajstić information content (AvgIpc) is 2.92. The molecule has 1 aliphatic carbocycles. The lowest BCUT2D eigenvalue weighted by atomic mass is 10.4. The first kappa shape index (κ1) is 8.81. The Hall–Kier alpha value is -0.770. The quantitative estimate of drug-likeness (QED) is 0.885. The van der Waals surface area contributed by atoms with E-state index in [-0.39, 0.29) is 0 Å². The summed E-state index contributed by atoms with van der Waals surface area (Å²) in [5.41, 5.74) is 0.957. The molecule has 0 saturated heterocycles. The number of hydrogen-bond acceptors (Lipinski definition) is 3. The number of ether oxygens (including phenoxy) is 1. The van der Waals surface area contributed by atoms with Crippen molar-refractivity contribution >= 4 is 21.6 Å². The van der Waals surface area contributed by atoms with Crippen LogP contribution in [0.5, 0.6) is 5.75 Å². The lowest BCUT2D eigenvalue weighted by molar-refractivity contribution is 0.300. The van der Waals surface area contributed by atoms with E-state index in [0.717, 1.165) is 28.8 Å². The normalized spacial score (nSPS) is 15.5. The molecular weight excluding hydrogens is 232 g/mol. The number of anilines is 1. The molecule has 1 aliphatic rings. The van der Waals surface area contributed by atoms with Gasteiger partial charge in [-0.3, -0.25) is 4.98 Å². The summed E-state index contributed by atoms with van der Waals surface area (Å²) >= 11 is 3.47. The van der Waals surface area contributed by atoms with Crippen molar-refractivity contribution in [2.75, 3.05) is 12.4 Å². The molecule has 1 aromatic heterocycles. The highest BCUT2D eigenvalue weighted by Crippen LogP contribution is 2.35. The molecule has 2 rings (SSSR count). The van der Waals surface area contributed by atoms with Crippen LogP contribution in [0.3, 0.4) is 0 Å². The van der Waals surface area contributed by atoms with Crippen LogP contribution in [0.1, 0.15) is 12.8 Å². The second kappa shape index (κ2) is 3.54. The maximum atomic E-state index is 5.65. The first-order chi connectivity index (χ1) is 6.31. The van der Waals surface area contributed by atoms with Gasteiger partial charge in [0.15, 0.2) is 5.75 Å². The first-order valence-corrected chi connectivity index (χ1v) is 5.08. The largest absolute Gasteiger partial charge is 0.488 e. The van der Waals surface area contributed by atoms with Gasteiger partial charge >= 0.3 is 0 Å². The van der Waals surface area contributed by atoms with E-state index < -0.39 is 0 Å². The minimum Gasteiger partial charge on any atom is -0.488 e. The molecule has 70 valence electrons. The second-order valence-electron chi connectivity index (χ2n) is 3.07. The first-order valence-electron chi connectivity index (χ1n) is 4.29. The van der Waals surface area contributed by atoms with Crippen LogP contribution in [-0.4, -0.2) is 18.1 Å². The van der Waals surface area contributed by atoms with Gasteiger partial charge in [-0.1, -0.05) is 0 Å². The van der Waals surface area contributed by atoms with Gasteiger partial charge in [0.25, 0.3) is 0 Å². The van der Waals surface area contributed by atoms with Crippen LogP contribution in [0.4, 0.5) is 5.69 Å². The van der Waals surface area contributed by atoms with Crippen LogP contribution in [0, 0.1) is 0 Å². The van der Waals surface area contributed by atoms with E-state index in [1.54, 1.807) is 12.4 Å². The molecule has 0 atom stereocenters. The molecular formula is C9H11BrN2O. The zero-order chi connectivity index (χ0) is 9.26. The van der Waals surface area contributed by atoms with Crippen molar-refractivity contribution in [2.45, 2.75) is 18.9 Å². The second-order valence-corrected chi connectivity index (χ2v) is 3.86. The van der Waals surface area contributed by atoms with E-state index >= 15 is 0 Å². The van der Waals surface area contributed by atoms with Crippen molar-refractivity contribution in [3.63, 3.8) is 0 Å². The zero-order valence-corrected chi connectivity index (χ0v) is 8.97. The summed E-state index contributed by atoms with van der Waals surface area (Å²) in [7, 11) is 1.86. The van der Waals surface area contributed by atoms with Gasteiger partial charge in [0, 0.05) is 7.05 Å². The summed E-state index contributed by atoms with van der Waals surface area (Å²) in [6.07, 6.45) is 6.24. The third-order valence-electron chi connectivity index (χ3n) is 1.94. The van der Waals surface area contributed by atoms with Gasteiger partial charge in [0.2, 0.25) is 0 Å². The summed E-state index contributed by atoms with van der Waals surface area (Å²) in [5, 5.41) is 3.04. The molecule has 0 aromatic carbocycles. The Morgan fingerprint density at radius 2 is 2.31 bits per heavy atom. The van der Waals surface area contributed by atoms with Gasteiger partial charge in [-0.15, -0.1) is 0 Å². The van der Waals surface area contributed by atoms with Crippen molar-refractivity contribution in [3.05, 3.63) is 16.9 Å². The minimum absolute atomic E-state index is 0.408. The van der Waals surface area contributed by atoms with Crippen molar-refractivity contribution in [1.29, 1.82) is 0 Å². The predicted octanol–water partition coefficient (Wildman–Crippen LogP) is 2.43. The fraction of sp³-hybridized carbons (Fsp3) is 0.444. The fourth-order valence-corrected chi connectivity index (χ4v) is 1.54. The minimum atomic E-state index is 0.408. The lowest BCUT2D eigenvalue weighted by Gasteiger charge is -2.09. The summed E-state index contributed by atoms with van der Waals surface area (Å²) in [6, 6.07) is 0. The zero-order valence-electron chi connectivity index (χ0n) is 7.38. The SMILES string of the molecule is CNc1cncc(OC2CC2)c1Br. The molecule has 0 radical (unpaired) electrons. The Kier molecular flexibility index (Phi) is 2.40. The maximum Gasteiger partial charge on any atom is 0.154 e. The molecule has 13 heavy (non-hydrogen) atoms. The molecule has 1 fully saturated rings. The standard InChI is InChI=1S/C9H11BrN2O/c1-11-7-4-12-5-8(9(7)10)13-6-2-3-6/h4-6,11H,2-3H2,1H3. The highest BCUT2D eigenvalue weighted by molar-refractivity contribution is 9.10. The molecule has 3 nitrogen and oxygen atoms in total. The smallest absolute Gasteiger partial charge is 0.154 e. The predicted molar refractivity (Wildman–Crippen MR) is 55.1 cm³/mol. The van der Waals surface area contributed by atoms with E-state index in [1.807, 2.05) is 7.05 Å². The summed E-state index contributed by atoms with van der Waals surface area (Å²) in [5.74, 6) is 0.828. The average molecular weight is 243 g/mol. The molecule has 0 bridgehead atoms. The number of hydrogen-bond donors (Lipinski definition) is 1. The van der Waals surface area contributed by atoms with Gasteiger partial charge in [-0.25, -0.2) is 0 Å². The van der Waals surface area contributed by atoms with E-state index in [4.69, 9.17) is 4.74 Å². The molecule has 0 amide bonds. The maximum absolute atomic E-state index is 5.65. The van der Waals surface area contributed by atoms with Gasteiger partial charge in [0.05, 0.1) is 28.7 Å². The molecule has 1 heterocycles. The van der Waals surface area contributed by atoms with Gasteiger partial charge in [-0.05, 0) is 28.8 Å². The summed E-state index contributed by atoms with van der Waals surface area (Å²) in [4.78, 5) is 4.08. The van der Waals surface area contributed by atoms with Gasteiger partial charge < -0.3 is 10.1 Å². The van der Waals surface area contributed by atoms with Crippen LogP contribution in [0.15, 0.2) is 16.9 Å². The van der Waals surface area contributed by atoms with Crippen LogP contribution >= 0.6 is 15.9 Å². The number of aromatic nitrogens is 1. The number of nitrogens with one attached hydrogen (secondary N) is 1. The highest BCUT2D eigenvalue weighted by atomic mass is 79.9. The third-order valence-corrected chi connectivity index (χ3v) is 2.75.